The normalized spacial score (nSPS) is 13.5. The van der Waals surface area contributed by atoms with E-state index in [9.17, 15) is 18.4 Å². The summed E-state index contributed by atoms with van der Waals surface area (Å²) in [7, 11) is 0. The van der Waals surface area contributed by atoms with E-state index in [0.29, 0.717) is 59.8 Å². The second kappa shape index (κ2) is 10.5. The third kappa shape index (κ3) is 4.80. The van der Waals surface area contributed by atoms with Crippen LogP contribution in [0.5, 0.6) is 11.5 Å². The number of rotatable bonds is 6. The number of nitrogens with two attached hydrogens (primary N) is 1. The minimum atomic E-state index is -1.08. The maximum absolute atomic E-state index is 14.0. The summed E-state index contributed by atoms with van der Waals surface area (Å²) in [5, 5.41) is 4.97. The molecule has 3 N–H and O–H groups in total. The Hall–Kier alpha value is -5.03. The summed E-state index contributed by atoms with van der Waals surface area (Å²) in [4.78, 5) is 31.5. The van der Waals surface area contributed by atoms with Crippen molar-refractivity contribution in [2.45, 2.75) is 6.92 Å². The molecular formula is C30H25F2N5O4. The number of morpholine rings is 1. The number of carbonyl (C=O) groups is 2. The molecule has 3 aromatic carbocycles. The number of hydrogen-bond donors (Lipinski definition) is 2. The first kappa shape index (κ1) is 26.2. The molecule has 1 aliphatic heterocycles. The number of anilines is 1. The van der Waals surface area contributed by atoms with E-state index in [1.807, 2.05) is 0 Å². The highest BCUT2D eigenvalue weighted by atomic mass is 19.2. The number of halogens is 2. The Bertz CT molecular complexity index is 1810. The highest BCUT2D eigenvalue weighted by Gasteiger charge is 2.24. The molecule has 1 amide bonds. The first-order chi connectivity index (χ1) is 19.8. The average molecular weight is 558 g/mol. The lowest BCUT2D eigenvalue weighted by atomic mass is 10.1. The number of ether oxygens (including phenoxy) is 2. The summed E-state index contributed by atoms with van der Waals surface area (Å²) in [6.45, 7) is 3.77. The predicted octanol–water partition coefficient (Wildman–Crippen LogP) is 5.02. The van der Waals surface area contributed by atoms with Crippen LogP contribution in [0.15, 0.2) is 66.9 Å². The van der Waals surface area contributed by atoms with Crippen LogP contribution in [0, 0.1) is 18.6 Å². The smallest absolute Gasteiger partial charge is 0.254 e. The first-order valence-electron chi connectivity index (χ1n) is 12.9. The number of nitrogen functional groups attached to an aromatic ring is 1. The largest absolute Gasteiger partial charge is 0.454 e. The van der Waals surface area contributed by atoms with Crippen molar-refractivity contribution in [2.24, 2.45) is 0 Å². The lowest BCUT2D eigenvalue weighted by Crippen LogP contribution is -2.40. The molecule has 5 aromatic rings. The van der Waals surface area contributed by atoms with Crippen LogP contribution in [-0.2, 0) is 4.74 Å². The number of aryl methyl sites for hydroxylation is 1. The second-order valence-electron chi connectivity index (χ2n) is 9.64. The van der Waals surface area contributed by atoms with Crippen molar-refractivity contribution in [1.29, 1.82) is 0 Å². The molecule has 0 saturated carbocycles. The monoisotopic (exact) mass is 557 g/mol. The standard InChI is InChI=1S/C30H25F2N5O4/c1-17-14-18(41-26-7-3-5-22(31)27(26)32)8-9-25(17)37-29(33)21(16-34-37)28(38)24-15-20-19(4-2-6-23(20)35-24)30(39)36-10-12-40-13-11-36/h2-9,14-16,35H,10-13,33H2,1H3. The number of amides is 1. The Morgan fingerprint density at radius 2 is 1.80 bits per heavy atom. The number of aromatic nitrogens is 3. The fourth-order valence-corrected chi connectivity index (χ4v) is 4.89. The number of nitrogens with one attached hydrogen (secondary N) is 1. The van der Waals surface area contributed by atoms with Crippen LogP contribution < -0.4 is 10.5 Å². The van der Waals surface area contributed by atoms with Gasteiger partial charge in [0, 0.05) is 29.6 Å². The van der Waals surface area contributed by atoms with Gasteiger partial charge in [0.2, 0.25) is 11.6 Å². The van der Waals surface area contributed by atoms with E-state index in [4.69, 9.17) is 15.2 Å². The number of hydrogen-bond acceptors (Lipinski definition) is 6. The molecule has 1 fully saturated rings. The van der Waals surface area contributed by atoms with E-state index in [1.54, 1.807) is 54.3 Å². The molecule has 3 heterocycles. The van der Waals surface area contributed by atoms with Crippen LogP contribution in [0.25, 0.3) is 16.6 Å². The molecule has 2 aromatic heterocycles. The quantitative estimate of drug-likeness (QED) is 0.284. The van der Waals surface area contributed by atoms with Gasteiger partial charge in [-0.25, -0.2) is 9.07 Å². The van der Waals surface area contributed by atoms with E-state index in [0.717, 1.165) is 6.07 Å². The molecule has 41 heavy (non-hydrogen) atoms. The van der Waals surface area contributed by atoms with Crippen molar-refractivity contribution in [2.75, 3.05) is 32.0 Å². The van der Waals surface area contributed by atoms with Gasteiger partial charge in [0.15, 0.2) is 11.6 Å². The van der Waals surface area contributed by atoms with Crippen LogP contribution in [0.4, 0.5) is 14.6 Å². The molecule has 208 valence electrons. The van der Waals surface area contributed by atoms with E-state index in [-0.39, 0.29) is 34.5 Å². The zero-order chi connectivity index (χ0) is 28.7. The lowest BCUT2D eigenvalue weighted by Gasteiger charge is -2.27. The number of nitrogens with zero attached hydrogens (tertiary/aromatic N) is 3. The van der Waals surface area contributed by atoms with E-state index < -0.39 is 11.6 Å². The molecular weight excluding hydrogens is 532 g/mol. The van der Waals surface area contributed by atoms with Gasteiger partial charge in [-0.15, -0.1) is 0 Å². The molecule has 0 spiro atoms. The Morgan fingerprint density at radius 3 is 2.59 bits per heavy atom. The number of ketones is 1. The van der Waals surface area contributed by atoms with Gasteiger partial charge >= 0.3 is 0 Å². The van der Waals surface area contributed by atoms with Crippen LogP contribution >= 0.6 is 0 Å². The minimum Gasteiger partial charge on any atom is -0.454 e. The fourth-order valence-electron chi connectivity index (χ4n) is 4.89. The maximum Gasteiger partial charge on any atom is 0.254 e. The molecule has 0 atom stereocenters. The third-order valence-corrected chi connectivity index (χ3v) is 7.03. The number of benzene rings is 3. The maximum atomic E-state index is 14.0. The Labute approximate surface area is 233 Å². The van der Waals surface area contributed by atoms with Crippen molar-refractivity contribution >= 4 is 28.4 Å². The van der Waals surface area contributed by atoms with Gasteiger partial charge in [-0.05, 0) is 61.0 Å². The minimum absolute atomic E-state index is 0.117. The van der Waals surface area contributed by atoms with Gasteiger partial charge in [-0.3, -0.25) is 9.59 Å². The number of fused-ring (bicyclic) bond motifs is 1. The van der Waals surface area contributed by atoms with Gasteiger partial charge in [0.25, 0.3) is 5.91 Å². The van der Waals surface area contributed by atoms with E-state index >= 15 is 0 Å². The SMILES string of the molecule is Cc1cc(Oc2cccc(F)c2F)ccc1-n1ncc(C(=O)c2cc3c(C(=O)N4CCOCC4)cccc3[nH]2)c1N. The second-order valence-corrected chi connectivity index (χ2v) is 9.64. The number of aromatic amines is 1. The molecule has 1 saturated heterocycles. The topological polar surface area (TPSA) is 115 Å². The molecule has 1 aliphatic rings. The van der Waals surface area contributed by atoms with Crippen LogP contribution in [0.3, 0.4) is 0 Å². The number of H-pyrrole nitrogens is 1. The van der Waals surface area contributed by atoms with E-state index in [2.05, 4.69) is 10.1 Å². The van der Waals surface area contributed by atoms with Crippen molar-refractivity contribution in [3.63, 3.8) is 0 Å². The lowest BCUT2D eigenvalue weighted by molar-refractivity contribution is 0.0304. The Morgan fingerprint density at radius 1 is 1.02 bits per heavy atom. The van der Waals surface area contributed by atoms with E-state index in [1.165, 1.54) is 23.0 Å². The summed E-state index contributed by atoms with van der Waals surface area (Å²) in [6, 6.07) is 15.5. The summed E-state index contributed by atoms with van der Waals surface area (Å²) >= 11 is 0. The van der Waals surface area contributed by atoms with Crippen molar-refractivity contribution in [3.8, 4) is 17.2 Å². The summed E-state index contributed by atoms with van der Waals surface area (Å²) in [6.07, 6.45) is 1.38. The zero-order valence-electron chi connectivity index (χ0n) is 22.0. The van der Waals surface area contributed by atoms with Crippen LogP contribution in [-0.4, -0.2) is 57.7 Å². The van der Waals surface area contributed by atoms with Gasteiger partial charge in [-0.2, -0.15) is 9.49 Å². The third-order valence-electron chi connectivity index (χ3n) is 7.03. The zero-order valence-corrected chi connectivity index (χ0v) is 22.0. The molecule has 9 nitrogen and oxygen atoms in total. The van der Waals surface area contributed by atoms with Crippen molar-refractivity contribution in [1.82, 2.24) is 19.7 Å². The summed E-state index contributed by atoms with van der Waals surface area (Å²) in [5.41, 5.74) is 9.23. The van der Waals surface area contributed by atoms with Gasteiger partial charge in [-0.1, -0.05) is 12.1 Å². The van der Waals surface area contributed by atoms with Crippen molar-refractivity contribution < 1.29 is 27.8 Å². The predicted molar refractivity (Wildman–Crippen MR) is 148 cm³/mol. The summed E-state index contributed by atoms with van der Waals surface area (Å²) in [5.74, 6) is -2.42. The average Bonchev–Trinajstić information content (AvgIpc) is 3.59. The first-order valence-corrected chi connectivity index (χ1v) is 12.9. The Kier molecular flexibility index (Phi) is 6.72. The molecule has 0 radical (unpaired) electrons. The van der Waals surface area contributed by atoms with Crippen LogP contribution in [0.2, 0.25) is 0 Å². The highest BCUT2D eigenvalue weighted by molar-refractivity contribution is 6.15. The fraction of sp³-hybridized carbons (Fsp3) is 0.167. The van der Waals surface area contributed by atoms with Crippen LogP contribution in [0.1, 0.15) is 32.0 Å². The number of carbonyl (C=O) groups excluding carboxylic acids is 2. The molecule has 0 aliphatic carbocycles. The molecule has 0 unspecified atom stereocenters. The molecule has 11 heteroatoms. The van der Waals surface area contributed by atoms with Crippen molar-refractivity contribution in [3.05, 3.63) is 101 Å². The van der Waals surface area contributed by atoms with Gasteiger partial charge in [0.1, 0.15) is 11.6 Å². The highest BCUT2D eigenvalue weighted by Crippen LogP contribution is 2.30. The Balaban J connectivity index is 1.27. The molecule has 6 rings (SSSR count). The molecule has 0 bridgehead atoms. The van der Waals surface area contributed by atoms with Gasteiger partial charge in [0.05, 0.1) is 36.4 Å². The summed E-state index contributed by atoms with van der Waals surface area (Å²) < 4.78 is 39.9. The van der Waals surface area contributed by atoms with Gasteiger partial charge < -0.3 is 25.1 Å².